The number of fused-ring (bicyclic) bond motifs is 1. The van der Waals surface area contributed by atoms with Gasteiger partial charge in [-0.15, -0.1) is 0 Å². The van der Waals surface area contributed by atoms with Crippen LogP contribution in [0.1, 0.15) is 50.9 Å². The second-order valence-corrected chi connectivity index (χ2v) is 7.59. The van der Waals surface area contributed by atoms with E-state index in [0.29, 0.717) is 38.5 Å². The minimum absolute atomic E-state index is 0.100. The molecule has 0 saturated heterocycles. The number of imidazole rings is 1. The van der Waals surface area contributed by atoms with Crippen LogP contribution in [0.25, 0.3) is 11.0 Å². The molecular weight excluding hydrogens is 362 g/mol. The fourth-order valence-corrected chi connectivity index (χ4v) is 3.40. The number of nitrogens with zero attached hydrogens (tertiary/aromatic N) is 2. The molecule has 1 heterocycles. The summed E-state index contributed by atoms with van der Waals surface area (Å²) in [6.07, 6.45) is 2.13. The maximum atomic E-state index is 11.7. The maximum absolute atomic E-state index is 11.7. The Bertz CT molecular complexity index is 929. The number of amides is 1. The molecule has 0 fully saturated rings. The van der Waals surface area contributed by atoms with E-state index in [0.717, 1.165) is 29.0 Å². The van der Waals surface area contributed by atoms with Gasteiger partial charge in [-0.25, -0.2) is 4.98 Å². The lowest BCUT2D eigenvalue weighted by molar-refractivity contribution is -0.121. The first-order valence-corrected chi connectivity index (χ1v) is 10.5. The normalized spacial score (nSPS) is 11.2. The SMILES string of the molecule is CCCC(=O)NCCc1nc2ccccc2n1CCOc1ccc(C(C)C)cc1. The van der Waals surface area contributed by atoms with Crippen molar-refractivity contribution in [2.75, 3.05) is 13.2 Å². The first kappa shape index (κ1) is 20.9. The number of carbonyl (C=O) groups excluding carboxylic acids is 1. The number of ether oxygens (including phenoxy) is 1. The standard InChI is InChI=1S/C24H31N3O2/c1-4-7-24(28)25-15-14-23-26-21-8-5-6-9-22(21)27(23)16-17-29-20-12-10-19(11-13-20)18(2)3/h5-6,8-13,18H,4,7,14-17H2,1-3H3,(H,25,28). The quantitative estimate of drug-likeness (QED) is 0.543. The fourth-order valence-electron chi connectivity index (χ4n) is 3.40. The highest BCUT2D eigenvalue weighted by Gasteiger charge is 2.11. The first-order chi connectivity index (χ1) is 14.1. The Morgan fingerprint density at radius 2 is 1.90 bits per heavy atom. The summed E-state index contributed by atoms with van der Waals surface area (Å²) >= 11 is 0. The van der Waals surface area contributed by atoms with Crippen LogP contribution < -0.4 is 10.1 Å². The van der Waals surface area contributed by atoms with Crippen molar-refractivity contribution >= 4 is 16.9 Å². The van der Waals surface area contributed by atoms with E-state index in [1.165, 1.54) is 5.56 Å². The lowest BCUT2D eigenvalue weighted by Crippen LogP contribution is -2.26. The average Bonchev–Trinajstić information content (AvgIpc) is 3.06. The average molecular weight is 394 g/mol. The molecular formula is C24H31N3O2. The van der Waals surface area contributed by atoms with Crippen molar-refractivity contribution in [1.82, 2.24) is 14.9 Å². The summed E-state index contributed by atoms with van der Waals surface area (Å²) in [5.74, 6) is 2.47. The summed E-state index contributed by atoms with van der Waals surface area (Å²) in [6, 6.07) is 16.4. The third-order valence-corrected chi connectivity index (χ3v) is 5.01. The van der Waals surface area contributed by atoms with E-state index in [1.54, 1.807) is 0 Å². The Morgan fingerprint density at radius 3 is 2.62 bits per heavy atom. The number of para-hydroxylation sites is 2. The number of benzene rings is 2. The fraction of sp³-hybridized carbons (Fsp3) is 0.417. The summed E-state index contributed by atoms with van der Waals surface area (Å²) in [4.78, 5) is 16.5. The van der Waals surface area contributed by atoms with E-state index >= 15 is 0 Å². The van der Waals surface area contributed by atoms with Crippen molar-refractivity contribution in [1.29, 1.82) is 0 Å². The van der Waals surface area contributed by atoms with Gasteiger partial charge in [0.1, 0.15) is 18.2 Å². The highest BCUT2D eigenvalue weighted by Crippen LogP contribution is 2.20. The van der Waals surface area contributed by atoms with Crippen molar-refractivity contribution in [3.05, 3.63) is 59.9 Å². The van der Waals surface area contributed by atoms with Gasteiger partial charge in [-0.2, -0.15) is 0 Å². The van der Waals surface area contributed by atoms with Crippen LogP contribution in [0.4, 0.5) is 0 Å². The molecule has 3 aromatic rings. The Labute approximate surface area is 173 Å². The Morgan fingerprint density at radius 1 is 1.14 bits per heavy atom. The molecule has 0 aliphatic heterocycles. The smallest absolute Gasteiger partial charge is 0.219 e. The van der Waals surface area contributed by atoms with Crippen LogP contribution in [0.2, 0.25) is 0 Å². The van der Waals surface area contributed by atoms with Crippen molar-refractivity contribution < 1.29 is 9.53 Å². The van der Waals surface area contributed by atoms with Gasteiger partial charge in [0, 0.05) is 19.4 Å². The van der Waals surface area contributed by atoms with Gasteiger partial charge in [0.2, 0.25) is 5.91 Å². The predicted molar refractivity (Wildman–Crippen MR) is 117 cm³/mol. The molecule has 29 heavy (non-hydrogen) atoms. The van der Waals surface area contributed by atoms with Gasteiger partial charge >= 0.3 is 0 Å². The van der Waals surface area contributed by atoms with E-state index < -0.39 is 0 Å². The highest BCUT2D eigenvalue weighted by molar-refractivity contribution is 5.76. The second kappa shape index (κ2) is 10.1. The van der Waals surface area contributed by atoms with Crippen LogP contribution in [0.15, 0.2) is 48.5 Å². The number of carbonyl (C=O) groups is 1. The molecule has 0 unspecified atom stereocenters. The predicted octanol–water partition coefficient (Wildman–Crippen LogP) is 4.70. The van der Waals surface area contributed by atoms with Gasteiger partial charge in [0.25, 0.3) is 0 Å². The largest absolute Gasteiger partial charge is 0.492 e. The minimum Gasteiger partial charge on any atom is -0.492 e. The molecule has 5 heteroatoms. The van der Waals surface area contributed by atoms with Gasteiger partial charge in [0.15, 0.2) is 0 Å². The van der Waals surface area contributed by atoms with E-state index in [1.807, 2.05) is 37.3 Å². The molecule has 0 saturated carbocycles. The van der Waals surface area contributed by atoms with E-state index in [-0.39, 0.29) is 5.91 Å². The molecule has 0 atom stereocenters. The summed E-state index contributed by atoms with van der Waals surface area (Å²) in [7, 11) is 0. The lowest BCUT2D eigenvalue weighted by Gasteiger charge is -2.12. The molecule has 2 aromatic carbocycles. The summed E-state index contributed by atoms with van der Waals surface area (Å²) in [5, 5.41) is 2.98. The number of aromatic nitrogens is 2. The van der Waals surface area contributed by atoms with Crippen LogP contribution >= 0.6 is 0 Å². The van der Waals surface area contributed by atoms with Crippen LogP contribution in [-0.4, -0.2) is 28.6 Å². The van der Waals surface area contributed by atoms with Crippen LogP contribution in [-0.2, 0) is 17.8 Å². The molecule has 3 rings (SSSR count). The van der Waals surface area contributed by atoms with Crippen LogP contribution in [0.3, 0.4) is 0 Å². The monoisotopic (exact) mass is 393 g/mol. The Hall–Kier alpha value is -2.82. The third-order valence-electron chi connectivity index (χ3n) is 5.01. The number of nitrogens with one attached hydrogen (secondary N) is 1. The molecule has 1 N–H and O–H groups in total. The zero-order valence-corrected chi connectivity index (χ0v) is 17.6. The number of hydrogen-bond acceptors (Lipinski definition) is 3. The number of rotatable bonds is 10. The second-order valence-electron chi connectivity index (χ2n) is 7.59. The third kappa shape index (κ3) is 5.59. The molecule has 0 aliphatic carbocycles. The zero-order valence-electron chi connectivity index (χ0n) is 17.6. The molecule has 5 nitrogen and oxygen atoms in total. The summed E-state index contributed by atoms with van der Waals surface area (Å²) in [6.45, 7) is 8.26. The molecule has 0 radical (unpaired) electrons. The summed E-state index contributed by atoms with van der Waals surface area (Å²) < 4.78 is 8.17. The van der Waals surface area contributed by atoms with E-state index in [2.05, 4.69) is 41.9 Å². The van der Waals surface area contributed by atoms with Gasteiger partial charge < -0.3 is 14.6 Å². The van der Waals surface area contributed by atoms with E-state index in [4.69, 9.17) is 9.72 Å². The topological polar surface area (TPSA) is 56.2 Å². The van der Waals surface area contributed by atoms with Crippen molar-refractivity contribution in [3.8, 4) is 5.75 Å². The van der Waals surface area contributed by atoms with Gasteiger partial charge in [0.05, 0.1) is 17.6 Å². The van der Waals surface area contributed by atoms with E-state index in [9.17, 15) is 4.79 Å². The molecule has 1 aromatic heterocycles. The van der Waals surface area contributed by atoms with Gasteiger partial charge in [-0.05, 0) is 42.2 Å². The van der Waals surface area contributed by atoms with Crippen molar-refractivity contribution in [2.45, 2.75) is 52.5 Å². The van der Waals surface area contributed by atoms with Crippen LogP contribution in [0, 0.1) is 0 Å². The lowest BCUT2D eigenvalue weighted by atomic mass is 10.0. The van der Waals surface area contributed by atoms with Crippen molar-refractivity contribution in [2.24, 2.45) is 0 Å². The Balaban J connectivity index is 1.64. The Kier molecular flexibility index (Phi) is 7.28. The highest BCUT2D eigenvalue weighted by atomic mass is 16.5. The maximum Gasteiger partial charge on any atom is 0.219 e. The molecule has 154 valence electrons. The first-order valence-electron chi connectivity index (χ1n) is 10.5. The number of hydrogen-bond donors (Lipinski definition) is 1. The molecule has 0 aliphatic rings. The van der Waals surface area contributed by atoms with Gasteiger partial charge in [-0.3, -0.25) is 4.79 Å². The summed E-state index contributed by atoms with van der Waals surface area (Å²) in [5.41, 5.74) is 3.38. The molecule has 1 amide bonds. The molecule has 0 bridgehead atoms. The van der Waals surface area contributed by atoms with Crippen LogP contribution in [0.5, 0.6) is 5.75 Å². The van der Waals surface area contributed by atoms with Crippen molar-refractivity contribution in [3.63, 3.8) is 0 Å². The zero-order chi connectivity index (χ0) is 20.6. The minimum atomic E-state index is 0.100. The van der Waals surface area contributed by atoms with Gasteiger partial charge in [-0.1, -0.05) is 45.0 Å². The molecule has 0 spiro atoms.